The number of aromatic amines is 1. The first-order valence-corrected chi connectivity index (χ1v) is 7.62. The molecule has 0 fully saturated rings. The molecule has 3 nitrogen and oxygen atoms in total. The molecule has 0 aliphatic carbocycles. The molecule has 0 saturated heterocycles. The van der Waals surface area contributed by atoms with Crippen molar-refractivity contribution in [1.82, 2.24) is 9.97 Å². The highest BCUT2D eigenvalue weighted by molar-refractivity contribution is 7.99. The van der Waals surface area contributed by atoms with Gasteiger partial charge in [-0.1, -0.05) is 30.0 Å². The van der Waals surface area contributed by atoms with E-state index in [2.05, 4.69) is 16.0 Å². The largest absolute Gasteiger partial charge is 0.333 e. The quantitative estimate of drug-likeness (QED) is 0.721. The number of hydrogen-bond acceptors (Lipinski definition) is 3. The molecule has 1 unspecified atom stereocenters. The zero-order valence-corrected chi connectivity index (χ0v) is 12.5. The van der Waals surface area contributed by atoms with Gasteiger partial charge < -0.3 is 10.7 Å². The Morgan fingerprint density at radius 2 is 2.14 bits per heavy atom. The van der Waals surface area contributed by atoms with Crippen LogP contribution in [0.15, 0.2) is 47.6 Å². The van der Waals surface area contributed by atoms with Gasteiger partial charge in [0.25, 0.3) is 0 Å². The van der Waals surface area contributed by atoms with E-state index >= 15 is 0 Å². The molecule has 0 amide bonds. The summed E-state index contributed by atoms with van der Waals surface area (Å²) in [6.07, 6.45) is 0. The fraction of sp³-hybridized carbons (Fsp3) is 0.188. The lowest BCUT2D eigenvalue weighted by atomic mass is 10.1. The van der Waals surface area contributed by atoms with Crippen LogP contribution < -0.4 is 5.73 Å². The second-order valence-corrected chi connectivity index (χ2v) is 6.15. The standard InChI is InChI=1S/C16H16FN3S/c1-10-5-6-13-14(7-10)20-16(19-13)21-15(9-18)11-3-2-4-12(17)8-11/h2-8,15H,9,18H2,1H3,(H,19,20). The first-order chi connectivity index (χ1) is 10.2. The predicted octanol–water partition coefficient (Wildman–Crippen LogP) is 3.80. The monoisotopic (exact) mass is 301 g/mol. The number of fused-ring (bicyclic) bond motifs is 1. The second kappa shape index (κ2) is 5.87. The highest BCUT2D eigenvalue weighted by atomic mass is 32.2. The summed E-state index contributed by atoms with van der Waals surface area (Å²) in [5.74, 6) is -0.244. The predicted molar refractivity (Wildman–Crippen MR) is 84.9 cm³/mol. The van der Waals surface area contributed by atoms with Gasteiger partial charge in [-0.3, -0.25) is 0 Å². The highest BCUT2D eigenvalue weighted by Gasteiger charge is 2.14. The maximum atomic E-state index is 13.3. The number of benzene rings is 2. The molecule has 5 heteroatoms. The fourth-order valence-corrected chi connectivity index (χ4v) is 3.22. The first-order valence-electron chi connectivity index (χ1n) is 6.74. The van der Waals surface area contributed by atoms with Crippen LogP contribution in [0.5, 0.6) is 0 Å². The minimum Gasteiger partial charge on any atom is -0.333 e. The number of nitrogens with two attached hydrogens (primary N) is 1. The summed E-state index contributed by atoms with van der Waals surface area (Å²) < 4.78 is 13.3. The number of aromatic nitrogens is 2. The molecule has 1 aromatic heterocycles. The average Bonchev–Trinajstić information content (AvgIpc) is 2.86. The SMILES string of the molecule is Cc1ccc2nc(SC(CN)c3cccc(F)c3)[nH]c2c1. The van der Waals surface area contributed by atoms with Crippen molar-refractivity contribution in [2.75, 3.05) is 6.54 Å². The molecule has 0 radical (unpaired) electrons. The normalized spacial score (nSPS) is 12.7. The third-order valence-electron chi connectivity index (χ3n) is 3.30. The third-order valence-corrected chi connectivity index (χ3v) is 4.47. The van der Waals surface area contributed by atoms with Crippen molar-refractivity contribution < 1.29 is 4.39 Å². The van der Waals surface area contributed by atoms with Gasteiger partial charge in [0.05, 0.1) is 11.0 Å². The minimum absolute atomic E-state index is 0.0256. The van der Waals surface area contributed by atoms with Gasteiger partial charge in [-0.05, 0) is 42.3 Å². The molecular weight excluding hydrogens is 285 g/mol. The Balaban J connectivity index is 1.88. The van der Waals surface area contributed by atoms with Crippen LogP contribution in [-0.4, -0.2) is 16.5 Å². The van der Waals surface area contributed by atoms with Crippen LogP contribution >= 0.6 is 11.8 Å². The Bertz CT molecular complexity index is 769. The van der Waals surface area contributed by atoms with Crippen LogP contribution in [0.1, 0.15) is 16.4 Å². The van der Waals surface area contributed by atoms with Crippen LogP contribution in [0.25, 0.3) is 11.0 Å². The maximum absolute atomic E-state index is 13.3. The lowest BCUT2D eigenvalue weighted by Gasteiger charge is -2.13. The van der Waals surface area contributed by atoms with Gasteiger partial charge >= 0.3 is 0 Å². The van der Waals surface area contributed by atoms with Crippen molar-refractivity contribution in [3.63, 3.8) is 0 Å². The van der Waals surface area contributed by atoms with Gasteiger partial charge in [0, 0.05) is 11.8 Å². The van der Waals surface area contributed by atoms with Gasteiger partial charge in [-0.15, -0.1) is 0 Å². The van der Waals surface area contributed by atoms with Gasteiger partial charge in [0.2, 0.25) is 0 Å². The molecule has 3 rings (SSSR count). The van der Waals surface area contributed by atoms with E-state index in [0.29, 0.717) is 6.54 Å². The number of nitrogens with one attached hydrogen (secondary N) is 1. The van der Waals surface area contributed by atoms with Gasteiger partial charge in [0.1, 0.15) is 5.82 Å². The number of hydrogen-bond donors (Lipinski definition) is 2. The molecule has 1 heterocycles. The van der Waals surface area contributed by atoms with Crippen LogP contribution in [0.4, 0.5) is 4.39 Å². The number of halogens is 1. The Morgan fingerprint density at radius 1 is 1.29 bits per heavy atom. The molecule has 1 atom stereocenters. The summed E-state index contributed by atoms with van der Waals surface area (Å²) in [4.78, 5) is 7.84. The molecule has 21 heavy (non-hydrogen) atoms. The van der Waals surface area contributed by atoms with Crippen molar-refractivity contribution in [2.45, 2.75) is 17.3 Å². The number of H-pyrrole nitrogens is 1. The molecule has 0 bridgehead atoms. The zero-order valence-electron chi connectivity index (χ0n) is 11.6. The number of aryl methyl sites for hydroxylation is 1. The van der Waals surface area contributed by atoms with E-state index in [9.17, 15) is 4.39 Å². The smallest absolute Gasteiger partial charge is 0.167 e. The van der Waals surface area contributed by atoms with E-state index in [-0.39, 0.29) is 11.1 Å². The topological polar surface area (TPSA) is 54.7 Å². The van der Waals surface area contributed by atoms with Crippen LogP contribution in [0.2, 0.25) is 0 Å². The Morgan fingerprint density at radius 3 is 2.90 bits per heavy atom. The molecule has 3 aromatic rings. The van der Waals surface area contributed by atoms with E-state index in [1.54, 1.807) is 6.07 Å². The zero-order chi connectivity index (χ0) is 14.8. The van der Waals surface area contributed by atoms with E-state index in [1.165, 1.54) is 29.5 Å². The molecule has 3 N–H and O–H groups in total. The van der Waals surface area contributed by atoms with Gasteiger partial charge in [-0.25, -0.2) is 9.37 Å². The highest BCUT2D eigenvalue weighted by Crippen LogP contribution is 2.34. The molecule has 0 aliphatic heterocycles. The molecule has 0 spiro atoms. The van der Waals surface area contributed by atoms with Gasteiger partial charge in [0.15, 0.2) is 5.16 Å². The van der Waals surface area contributed by atoms with Crippen molar-refractivity contribution in [2.24, 2.45) is 5.73 Å². The Kier molecular flexibility index (Phi) is 3.94. The number of nitrogens with zero attached hydrogens (tertiary/aromatic N) is 1. The number of thioether (sulfide) groups is 1. The third kappa shape index (κ3) is 3.09. The summed E-state index contributed by atoms with van der Waals surface area (Å²) in [5.41, 5.74) is 9.83. The maximum Gasteiger partial charge on any atom is 0.167 e. The van der Waals surface area contributed by atoms with Crippen LogP contribution in [0, 0.1) is 12.7 Å². The summed E-state index contributed by atoms with van der Waals surface area (Å²) >= 11 is 1.52. The first kappa shape index (κ1) is 14.1. The Hall–Kier alpha value is -1.85. The number of imidazole rings is 1. The summed E-state index contributed by atoms with van der Waals surface area (Å²) in [6, 6.07) is 12.6. The lowest BCUT2D eigenvalue weighted by molar-refractivity contribution is 0.625. The van der Waals surface area contributed by atoms with Crippen molar-refractivity contribution in [1.29, 1.82) is 0 Å². The van der Waals surface area contributed by atoms with Crippen molar-refractivity contribution in [3.8, 4) is 0 Å². The average molecular weight is 301 g/mol. The Labute approximate surface area is 126 Å². The summed E-state index contributed by atoms with van der Waals surface area (Å²) in [7, 11) is 0. The van der Waals surface area contributed by atoms with E-state index in [0.717, 1.165) is 21.8 Å². The fourth-order valence-electron chi connectivity index (χ4n) is 2.25. The van der Waals surface area contributed by atoms with E-state index in [4.69, 9.17) is 5.73 Å². The second-order valence-electron chi connectivity index (χ2n) is 4.96. The molecule has 2 aromatic carbocycles. The van der Waals surface area contributed by atoms with Crippen molar-refractivity contribution >= 4 is 22.8 Å². The van der Waals surface area contributed by atoms with E-state index < -0.39 is 0 Å². The van der Waals surface area contributed by atoms with Crippen LogP contribution in [-0.2, 0) is 0 Å². The lowest BCUT2D eigenvalue weighted by Crippen LogP contribution is -2.09. The number of rotatable bonds is 4. The summed E-state index contributed by atoms with van der Waals surface area (Å²) in [6.45, 7) is 2.47. The van der Waals surface area contributed by atoms with Crippen molar-refractivity contribution in [3.05, 3.63) is 59.4 Å². The van der Waals surface area contributed by atoms with Gasteiger partial charge in [-0.2, -0.15) is 0 Å². The minimum atomic E-state index is -0.244. The molecule has 0 aliphatic rings. The van der Waals surface area contributed by atoms with E-state index in [1.807, 2.05) is 25.1 Å². The van der Waals surface area contributed by atoms with Crippen LogP contribution in [0.3, 0.4) is 0 Å². The molecular formula is C16H16FN3S. The molecule has 108 valence electrons. The summed E-state index contributed by atoms with van der Waals surface area (Å²) in [5, 5.41) is 0.776. The molecule has 0 saturated carbocycles.